The number of furan rings is 1. The molecule has 2 N–H and O–H groups in total. The Morgan fingerprint density at radius 1 is 1.22 bits per heavy atom. The molecular weight excluding hydrogens is 354 g/mol. The highest BCUT2D eigenvalue weighted by molar-refractivity contribution is 6.48. The van der Waals surface area contributed by atoms with Gasteiger partial charge < -0.3 is 14.5 Å². The zero-order valence-corrected chi connectivity index (χ0v) is 14.0. The lowest BCUT2D eigenvalue weighted by atomic mass is 9.93. The van der Waals surface area contributed by atoms with E-state index in [1.807, 2.05) is 0 Å². The molecule has 1 aromatic carbocycles. The van der Waals surface area contributed by atoms with E-state index in [1.54, 1.807) is 18.2 Å². The highest BCUT2D eigenvalue weighted by Gasteiger charge is 2.52. The van der Waals surface area contributed by atoms with Crippen LogP contribution in [0.3, 0.4) is 0 Å². The average Bonchev–Trinajstić information content (AvgIpc) is 3.33. The van der Waals surface area contributed by atoms with Crippen LogP contribution in [0.5, 0.6) is 0 Å². The van der Waals surface area contributed by atoms with Gasteiger partial charge >= 0.3 is 5.97 Å². The molecule has 3 aromatic rings. The summed E-state index contributed by atoms with van der Waals surface area (Å²) in [7, 11) is 0. The van der Waals surface area contributed by atoms with Crippen molar-refractivity contribution < 1.29 is 28.7 Å². The van der Waals surface area contributed by atoms with Crippen LogP contribution in [0, 0.1) is 5.92 Å². The summed E-state index contributed by atoms with van der Waals surface area (Å²) in [6.07, 6.45) is 1.49. The van der Waals surface area contributed by atoms with E-state index in [0.29, 0.717) is 16.7 Å². The maximum atomic E-state index is 12.7. The SMILES string of the molecule is CC(=O)C1C(=O)C(=O)N(c2ccc3nc[nH]c3c2)C1c1ccc(C(=O)O)o1. The summed E-state index contributed by atoms with van der Waals surface area (Å²) in [6, 6.07) is 6.42. The van der Waals surface area contributed by atoms with Gasteiger partial charge in [0.25, 0.3) is 5.91 Å². The van der Waals surface area contributed by atoms with Crippen molar-refractivity contribution in [1.82, 2.24) is 9.97 Å². The molecule has 2 unspecified atom stereocenters. The molecule has 0 spiro atoms. The van der Waals surface area contributed by atoms with Gasteiger partial charge in [0.1, 0.15) is 23.5 Å². The van der Waals surface area contributed by atoms with Gasteiger partial charge in [-0.15, -0.1) is 0 Å². The van der Waals surface area contributed by atoms with E-state index in [-0.39, 0.29) is 11.5 Å². The number of carbonyl (C=O) groups excluding carboxylic acids is 3. The molecule has 2 aromatic heterocycles. The van der Waals surface area contributed by atoms with Gasteiger partial charge in [-0.05, 0) is 37.3 Å². The van der Waals surface area contributed by atoms with Gasteiger partial charge in [0.2, 0.25) is 11.5 Å². The van der Waals surface area contributed by atoms with Crippen molar-refractivity contribution in [1.29, 1.82) is 0 Å². The molecule has 9 nitrogen and oxygen atoms in total. The number of imidazole rings is 1. The number of anilines is 1. The number of Topliss-reactive ketones (excluding diaryl/α,β-unsaturated/α-hetero) is 2. The molecule has 1 aliphatic heterocycles. The van der Waals surface area contributed by atoms with E-state index in [0.717, 1.165) is 0 Å². The zero-order valence-electron chi connectivity index (χ0n) is 14.0. The fourth-order valence-electron chi connectivity index (χ4n) is 3.35. The molecule has 0 bridgehead atoms. The minimum Gasteiger partial charge on any atom is -0.475 e. The normalized spacial score (nSPS) is 19.8. The number of aromatic carboxylic acids is 1. The van der Waals surface area contributed by atoms with Gasteiger partial charge in [-0.2, -0.15) is 0 Å². The second-order valence-corrected chi connectivity index (χ2v) is 6.18. The largest absolute Gasteiger partial charge is 0.475 e. The van der Waals surface area contributed by atoms with Crippen molar-refractivity contribution in [3.8, 4) is 0 Å². The van der Waals surface area contributed by atoms with Crippen LogP contribution >= 0.6 is 0 Å². The molecule has 0 aliphatic carbocycles. The van der Waals surface area contributed by atoms with E-state index in [1.165, 1.54) is 30.3 Å². The number of H-pyrrole nitrogens is 1. The number of carbonyl (C=O) groups is 4. The van der Waals surface area contributed by atoms with Crippen LogP contribution < -0.4 is 4.90 Å². The summed E-state index contributed by atoms with van der Waals surface area (Å²) in [5, 5.41) is 9.08. The predicted molar refractivity (Wildman–Crippen MR) is 91.2 cm³/mol. The quantitative estimate of drug-likeness (QED) is 0.529. The van der Waals surface area contributed by atoms with Crippen molar-refractivity contribution in [2.24, 2.45) is 5.92 Å². The fourth-order valence-corrected chi connectivity index (χ4v) is 3.35. The number of hydrogen-bond donors (Lipinski definition) is 2. The van der Waals surface area contributed by atoms with Crippen LogP contribution in [0.2, 0.25) is 0 Å². The molecule has 136 valence electrons. The minimum atomic E-state index is -1.29. The number of aromatic nitrogens is 2. The Labute approximate surface area is 151 Å². The summed E-state index contributed by atoms with van der Waals surface area (Å²) >= 11 is 0. The van der Waals surface area contributed by atoms with Crippen LogP contribution in [0.1, 0.15) is 29.3 Å². The molecule has 9 heteroatoms. The molecule has 4 rings (SSSR count). The van der Waals surface area contributed by atoms with E-state index in [9.17, 15) is 19.2 Å². The molecule has 1 saturated heterocycles. The summed E-state index contributed by atoms with van der Waals surface area (Å²) in [5.74, 6) is -5.07. The number of nitrogens with one attached hydrogen (secondary N) is 1. The van der Waals surface area contributed by atoms with Gasteiger partial charge in [0, 0.05) is 5.69 Å². The first-order valence-corrected chi connectivity index (χ1v) is 8.02. The molecule has 27 heavy (non-hydrogen) atoms. The molecular formula is C18H13N3O6. The maximum Gasteiger partial charge on any atom is 0.371 e. The Kier molecular flexibility index (Phi) is 3.65. The van der Waals surface area contributed by atoms with Crippen LogP contribution in [0.4, 0.5) is 5.69 Å². The Hall–Kier alpha value is -3.75. The number of benzene rings is 1. The number of carboxylic acid groups (broad SMARTS) is 1. The molecule has 0 saturated carbocycles. The van der Waals surface area contributed by atoms with Crippen molar-refractivity contribution in [2.45, 2.75) is 13.0 Å². The second-order valence-electron chi connectivity index (χ2n) is 6.18. The Morgan fingerprint density at radius 3 is 2.67 bits per heavy atom. The minimum absolute atomic E-state index is 0.0523. The summed E-state index contributed by atoms with van der Waals surface area (Å²) in [6.45, 7) is 1.21. The van der Waals surface area contributed by atoms with Crippen LogP contribution in [0.25, 0.3) is 11.0 Å². The topological polar surface area (TPSA) is 134 Å². The van der Waals surface area contributed by atoms with E-state index in [4.69, 9.17) is 9.52 Å². The molecule has 1 fully saturated rings. The standard InChI is InChI=1S/C18H13N3O6/c1-8(22)14-15(12-4-5-13(27-12)18(25)26)21(17(24)16(14)23)9-2-3-10-11(6-9)20-7-19-10/h2-7,14-15H,1H3,(H,19,20)(H,25,26). The first-order chi connectivity index (χ1) is 12.9. The molecule has 2 atom stereocenters. The lowest BCUT2D eigenvalue weighted by Gasteiger charge is -2.24. The first-order valence-electron chi connectivity index (χ1n) is 8.02. The third kappa shape index (κ3) is 2.51. The number of hydrogen-bond acceptors (Lipinski definition) is 6. The van der Waals surface area contributed by atoms with Crippen molar-refractivity contribution >= 4 is 40.2 Å². The van der Waals surface area contributed by atoms with Crippen LogP contribution in [-0.4, -0.2) is 38.5 Å². The van der Waals surface area contributed by atoms with E-state index in [2.05, 4.69) is 9.97 Å². The predicted octanol–water partition coefficient (Wildman–Crippen LogP) is 1.72. The third-order valence-corrected chi connectivity index (χ3v) is 4.56. The number of ketones is 2. The van der Waals surface area contributed by atoms with E-state index < -0.39 is 35.4 Å². The Morgan fingerprint density at radius 2 is 2.00 bits per heavy atom. The molecule has 0 radical (unpaired) electrons. The summed E-state index contributed by atoms with van der Waals surface area (Å²) in [4.78, 5) is 56.5. The third-order valence-electron chi connectivity index (χ3n) is 4.56. The number of nitrogens with zero attached hydrogens (tertiary/aromatic N) is 2. The highest BCUT2D eigenvalue weighted by atomic mass is 16.4. The monoisotopic (exact) mass is 367 g/mol. The molecule has 1 amide bonds. The lowest BCUT2D eigenvalue weighted by molar-refractivity contribution is -0.138. The van der Waals surface area contributed by atoms with Crippen molar-refractivity contribution in [2.75, 3.05) is 4.90 Å². The smallest absolute Gasteiger partial charge is 0.371 e. The van der Waals surface area contributed by atoms with Crippen molar-refractivity contribution in [3.63, 3.8) is 0 Å². The second kappa shape index (κ2) is 5.90. The Bertz CT molecular complexity index is 1110. The van der Waals surface area contributed by atoms with E-state index >= 15 is 0 Å². The van der Waals surface area contributed by atoms with Crippen LogP contribution in [-0.2, 0) is 14.4 Å². The number of carboxylic acids is 1. The number of rotatable bonds is 4. The summed E-state index contributed by atoms with van der Waals surface area (Å²) < 4.78 is 5.31. The van der Waals surface area contributed by atoms with Gasteiger partial charge in [-0.1, -0.05) is 0 Å². The molecule has 1 aliphatic rings. The van der Waals surface area contributed by atoms with Crippen molar-refractivity contribution in [3.05, 3.63) is 48.2 Å². The number of aromatic amines is 1. The number of amides is 1. The average molecular weight is 367 g/mol. The van der Waals surface area contributed by atoms with Gasteiger partial charge in [-0.25, -0.2) is 9.78 Å². The van der Waals surface area contributed by atoms with Gasteiger partial charge in [0.05, 0.1) is 17.4 Å². The van der Waals surface area contributed by atoms with Crippen LogP contribution in [0.15, 0.2) is 41.1 Å². The maximum absolute atomic E-state index is 12.7. The highest BCUT2D eigenvalue weighted by Crippen LogP contribution is 2.41. The summed E-state index contributed by atoms with van der Waals surface area (Å²) in [5.41, 5.74) is 1.68. The molecule has 3 heterocycles. The van der Waals surface area contributed by atoms with Gasteiger partial charge in [0.15, 0.2) is 0 Å². The Balaban J connectivity index is 1.87. The number of fused-ring (bicyclic) bond motifs is 1. The lowest BCUT2D eigenvalue weighted by Crippen LogP contribution is -2.30. The first kappa shape index (κ1) is 16.7. The zero-order chi connectivity index (χ0) is 19.3. The fraction of sp³-hybridized carbons (Fsp3) is 0.167. The van der Waals surface area contributed by atoms with Gasteiger partial charge in [-0.3, -0.25) is 19.3 Å².